The second-order valence-electron chi connectivity index (χ2n) is 5.87. The van der Waals surface area contributed by atoms with Crippen LogP contribution < -0.4 is 4.74 Å². The Kier molecular flexibility index (Phi) is 5.80. The van der Waals surface area contributed by atoms with Gasteiger partial charge in [-0.15, -0.1) is 0 Å². The highest BCUT2D eigenvalue weighted by Crippen LogP contribution is 2.19. The standard InChI is InChI=1S/C17H26N2O3/c1-13-11-18(12-14(2)19(13)8-9-21-3)17(20)15-6-5-7-16(10-15)22-4/h5-7,10,13-14H,8-9,11-12H2,1-4H3. The maximum Gasteiger partial charge on any atom is 0.254 e. The van der Waals surface area contributed by atoms with Crippen molar-refractivity contribution in [2.24, 2.45) is 0 Å². The van der Waals surface area contributed by atoms with E-state index in [1.807, 2.05) is 23.1 Å². The van der Waals surface area contributed by atoms with E-state index in [0.717, 1.165) is 26.2 Å². The van der Waals surface area contributed by atoms with Crippen molar-refractivity contribution in [3.05, 3.63) is 29.8 Å². The Morgan fingerprint density at radius 2 is 1.91 bits per heavy atom. The van der Waals surface area contributed by atoms with Crippen molar-refractivity contribution in [3.63, 3.8) is 0 Å². The van der Waals surface area contributed by atoms with Gasteiger partial charge in [-0.3, -0.25) is 9.69 Å². The quantitative estimate of drug-likeness (QED) is 0.833. The fourth-order valence-electron chi connectivity index (χ4n) is 3.10. The summed E-state index contributed by atoms with van der Waals surface area (Å²) in [6, 6.07) is 8.01. The molecule has 1 aliphatic rings. The first-order valence-electron chi connectivity index (χ1n) is 7.74. The maximum atomic E-state index is 12.7. The zero-order chi connectivity index (χ0) is 16.1. The summed E-state index contributed by atoms with van der Waals surface area (Å²) in [4.78, 5) is 17.0. The van der Waals surface area contributed by atoms with Crippen molar-refractivity contribution >= 4 is 5.91 Å². The molecule has 0 bridgehead atoms. The number of carbonyl (C=O) groups excluding carboxylic acids is 1. The molecule has 0 aromatic heterocycles. The molecule has 1 saturated heterocycles. The molecule has 22 heavy (non-hydrogen) atoms. The van der Waals surface area contributed by atoms with Crippen molar-refractivity contribution < 1.29 is 14.3 Å². The number of carbonyl (C=O) groups is 1. The first kappa shape index (κ1) is 16.8. The summed E-state index contributed by atoms with van der Waals surface area (Å²) in [5, 5.41) is 0. The lowest BCUT2D eigenvalue weighted by Crippen LogP contribution is -2.58. The van der Waals surface area contributed by atoms with Crippen LogP contribution in [0.1, 0.15) is 24.2 Å². The van der Waals surface area contributed by atoms with Crippen LogP contribution in [0.5, 0.6) is 5.75 Å². The van der Waals surface area contributed by atoms with Gasteiger partial charge in [-0.1, -0.05) is 6.07 Å². The second kappa shape index (κ2) is 7.61. The van der Waals surface area contributed by atoms with Crippen LogP contribution in [0.2, 0.25) is 0 Å². The van der Waals surface area contributed by atoms with Crippen LogP contribution in [-0.2, 0) is 4.74 Å². The van der Waals surface area contributed by atoms with Crippen LogP contribution in [0.4, 0.5) is 0 Å². The highest BCUT2D eigenvalue weighted by atomic mass is 16.5. The van der Waals surface area contributed by atoms with Crippen LogP contribution in [0, 0.1) is 0 Å². The lowest BCUT2D eigenvalue weighted by Gasteiger charge is -2.44. The molecule has 5 heteroatoms. The smallest absolute Gasteiger partial charge is 0.254 e. The molecule has 1 aromatic carbocycles. The molecule has 2 atom stereocenters. The minimum Gasteiger partial charge on any atom is -0.497 e. The Morgan fingerprint density at radius 3 is 2.50 bits per heavy atom. The number of piperazine rings is 1. The zero-order valence-electron chi connectivity index (χ0n) is 13.9. The van der Waals surface area contributed by atoms with E-state index in [1.54, 1.807) is 20.3 Å². The van der Waals surface area contributed by atoms with E-state index in [-0.39, 0.29) is 5.91 Å². The molecule has 1 aliphatic heterocycles. The van der Waals surface area contributed by atoms with Crippen LogP contribution >= 0.6 is 0 Å². The third kappa shape index (κ3) is 3.78. The lowest BCUT2D eigenvalue weighted by atomic mass is 10.1. The maximum absolute atomic E-state index is 12.7. The van der Waals surface area contributed by atoms with Crippen LogP contribution in [-0.4, -0.2) is 68.3 Å². The van der Waals surface area contributed by atoms with Crippen LogP contribution in [0.3, 0.4) is 0 Å². The van der Waals surface area contributed by atoms with Crippen molar-refractivity contribution in [2.45, 2.75) is 25.9 Å². The van der Waals surface area contributed by atoms with Crippen molar-refractivity contribution in [1.29, 1.82) is 0 Å². The summed E-state index contributed by atoms with van der Waals surface area (Å²) in [6.45, 7) is 7.43. The van der Waals surface area contributed by atoms with E-state index in [0.29, 0.717) is 23.4 Å². The summed E-state index contributed by atoms with van der Waals surface area (Å²) in [7, 11) is 3.33. The highest BCUT2D eigenvalue weighted by molar-refractivity contribution is 5.94. The molecular weight excluding hydrogens is 280 g/mol. The van der Waals surface area contributed by atoms with E-state index in [2.05, 4.69) is 18.7 Å². The molecule has 1 fully saturated rings. The topological polar surface area (TPSA) is 42.0 Å². The van der Waals surface area contributed by atoms with Gasteiger partial charge in [0, 0.05) is 44.4 Å². The molecule has 0 spiro atoms. The number of benzene rings is 1. The van der Waals surface area contributed by atoms with E-state index < -0.39 is 0 Å². The second-order valence-corrected chi connectivity index (χ2v) is 5.87. The molecule has 0 N–H and O–H groups in total. The lowest BCUT2D eigenvalue weighted by molar-refractivity contribution is 0.0193. The Bertz CT molecular complexity index is 494. The number of amides is 1. The fraction of sp³-hybridized carbons (Fsp3) is 0.588. The van der Waals surface area contributed by atoms with E-state index in [9.17, 15) is 4.79 Å². The van der Waals surface area contributed by atoms with Crippen LogP contribution in [0.15, 0.2) is 24.3 Å². The zero-order valence-corrected chi connectivity index (χ0v) is 13.9. The fourth-order valence-corrected chi connectivity index (χ4v) is 3.10. The highest BCUT2D eigenvalue weighted by Gasteiger charge is 2.31. The number of methoxy groups -OCH3 is 2. The van der Waals surface area contributed by atoms with Gasteiger partial charge in [0.1, 0.15) is 5.75 Å². The number of ether oxygens (including phenoxy) is 2. The summed E-state index contributed by atoms with van der Waals surface area (Å²) in [6.07, 6.45) is 0. The third-order valence-electron chi connectivity index (χ3n) is 4.26. The van der Waals surface area contributed by atoms with E-state index in [4.69, 9.17) is 9.47 Å². The first-order valence-corrected chi connectivity index (χ1v) is 7.74. The normalized spacial score (nSPS) is 22.6. The van der Waals surface area contributed by atoms with E-state index >= 15 is 0 Å². The number of rotatable bonds is 5. The summed E-state index contributed by atoms with van der Waals surface area (Å²) in [5.74, 6) is 0.787. The van der Waals surface area contributed by atoms with Gasteiger partial charge in [0.2, 0.25) is 0 Å². The first-order chi connectivity index (χ1) is 10.6. The molecule has 0 radical (unpaired) electrons. The van der Waals surface area contributed by atoms with Gasteiger partial charge in [0.15, 0.2) is 0 Å². The Morgan fingerprint density at radius 1 is 1.23 bits per heavy atom. The number of nitrogens with zero attached hydrogens (tertiary/aromatic N) is 2. The number of hydrogen-bond donors (Lipinski definition) is 0. The molecule has 1 amide bonds. The molecule has 0 saturated carbocycles. The molecule has 2 rings (SSSR count). The SMILES string of the molecule is COCCN1C(C)CN(C(=O)c2cccc(OC)c2)CC1C. The van der Waals surface area contributed by atoms with Crippen molar-refractivity contribution in [1.82, 2.24) is 9.80 Å². The molecule has 5 nitrogen and oxygen atoms in total. The predicted octanol–water partition coefficient (Wildman–Crippen LogP) is 1.88. The minimum absolute atomic E-state index is 0.0731. The van der Waals surface area contributed by atoms with Crippen molar-refractivity contribution in [2.75, 3.05) is 40.5 Å². The van der Waals surface area contributed by atoms with Gasteiger partial charge in [0.25, 0.3) is 5.91 Å². The molecule has 1 heterocycles. The monoisotopic (exact) mass is 306 g/mol. The van der Waals surface area contributed by atoms with Gasteiger partial charge < -0.3 is 14.4 Å². The average Bonchev–Trinajstić information content (AvgIpc) is 2.53. The van der Waals surface area contributed by atoms with Gasteiger partial charge in [-0.05, 0) is 32.0 Å². The summed E-state index contributed by atoms with van der Waals surface area (Å²) < 4.78 is 10.4. The Balaban J connectivity index is 2.05. The molecule has 122 valence electrons. The van der Waals surface area contributed by atoms with Gasteiger partial charge >= 0.3 is 0 Å². The number of hydrogen-bond acceptors (Lipinski definition) is 4. The molecule has 0 aliphatic carbocycles. The van der Waals surface area contributed by atoms with Gasteiger partial charge in [-0.2, -0.15) is 0 Å². The van der Waals surface area contributed by atoms with E-state index in [1.165, 1.54) is 0 Å². The molecule has 1 aromatic rings. The van der Waals surface area contributed by atoms with Gasteiger partial charge in [-0.25, -0.2) is 0 Å². The van der Waals surface area contributed by atoms with Crippen molar-refractivity contribution in [3.8, 4) is 5.75 Å². The molecule has 2 unspecified atom stereocenters. The molecular formula is C17H26N2O3. The average molecular weight is 306 g/mol. The summed E-state index contributed by atoms with van der Waals surface area (Å²) >= 11 is 0. The Labute approximate surface area is 132 Å². The predicted molar refractivity (Wildman–Crippen MR) is 86.4 cm³/mol. The third-order valence-corrected chi connectivity index (χ3v) is 4.26. The van der Waals surface area contributed by atoms with Crippen LogP contribution in [0.25, 0.3) is 0 Å². The minimum atomic E-state index is 0.0731. The summed E-state index contributed by atoms with van der Waals surface area (Å²) in [5.41, 5.74) is 0.684. The largest absolute Gasteiger partial charge is 0.497 e. The van der Waals surface area contributed by atoms with Gasteiger partial charge in [0.05, 0.1) is 13.7 Å². The Hall–Kier alpha value is -1.59.